The van der Waals surface area contributed by atoms with Gasteiger partial charge >= 0.3 is 0 Å². The molecule has 0 aromatic heterocycles. The van der Waals surface area contributed by atoms with E-state index in [9.17, 15) is 0 Å². The predicted octanol–water partition coefficient (Wildman–Crippen LogP) is 1.93. The fraction of sp³-hybridized carbons (Fsp3) is 0.538. The largest absolute Gasteiger partial charge is 0.398 e. The Balaban J connectivity index is 1.82. The standard InChI is InChI=1S/C13H20N2O/c1-16-13(7-4-8-13)10-15-9-11-5-2-3-6-12(11)14/h2-3,5-6,15H,4,7-10,14H2,1H3. The van der Waals surface area contributed by atoms with Crippen LogP contribution >= 0.6 is 0 Å². The van der Waals surface area contributed by atoms with Crippen molar-refractivity contribution in [3.05, 3.63) is 29.8 Å². The van der Waals surface area contributed by atoms with Crippen molar-refractivity contribution in [1.29, 1.82) is 0 Å². The van der Waals surface area contributed by atoms with Gasteiger partial charge in [0, 0.05) is 25.9 Å². The molecule has 0 bridgehead atoms. The zero-order valence-corrected chi connectivity index (χ0v) is 9.83. The first-order chi connectivity index (χ1) is 7.76. The minimum Gasteiger partial charge on any atom is -0.398 e. The van der Waals surface area contributed by atoms with Gasteiger partial charge in [0.2, 0.25) is 0 Å². The lowest BCUT2D eigenvalue weighted by Gasteiger charge is -2.40. The fourth-order valence-corrected chi connectivity index (χ4v) is 2.14. The first-order valence-electron chi connectivity index (χ1n) is 5.85. The van der Waals surface area contributed by atoms with Crippen molar-refractivity contribution in [2.45, 2.75) is 31.4 Å². The van der Waals surface area contributed by atoms with E-state index < -0.39 is 0 Å². The maximum Gasteiger partial charge on any atom is 0.0802 e. The molecule has 1 saturated carbocycles. The molecule has 0 aliphatic heterocycles. The van der Waals surface area contributed by atoms with Crippen LogP contribution in [-0.4, -0.2) is 19.3 Å². The van der Waals surface area contributed by atoms with Gasteiger partial charge in [-0.25, -0.2) is 0 Å². The average molecular weight is 220 g/mol. The van der Waals surface area contributed by atoms with Crippen molar-refractivity contribution >= 4 is 5.69 Å². The number of nitrogens with one attached hydrogen (secondary N) is 1. The molecule has 3 nitrogen and oxygen atoms in total. The lowest BCUT2D eigenvalue weighted by Crippen LogP contribution is -2.47. The lowest BCUT2D eigenvalue weighted by molar-refractivity contribution is -0.0695. The first-order valence-corrected chi connectivity index (χ1v) is 5.85. The Morgan fingerprint density at radius 1 is 1.38 bits per heavy atom. The number of para-hydroxylation sites is 1. The van der Waals surface area contributed by atoms with Crippen LogP contribution in [0.1, 0.15) is 24.8 Å². The topological polar surface area (TPSA) is 47.3 Å². The second-order valence-electron chi connectivity index (χ2n) is 4.54. The predicted molar refractivity (Wildman–Crippen MR) is 66.2 cm³/mol. The smallest absolute Gasteiger partial charge is 0.0802 e. The van der Waals surface area contributed by atoms with Crippen molar-refractivity contribution in [2.24, 2.45) is 0 Å². The van der Waals surface area contributed by atoms with Crippen LogP contribution in [0.5, 0.6) is 0 Å². The molecule has 0 heterocycles. The molecule has 3 N–H and O–H groups in total. The van der Waals surface area contributed by atoms with Crippen molar-refractivity contribution in [3.63, 3.8) is 0 Å². The summed E-state index contributed by atoms with van der Waals surface area (Å²) in [7, 11) is 1.80. The third kappa shape index (κ3) is 2.36. The number of hydrogen-bond acceptors (Lipinski definition) is 3. The Kier molecular flexibility index (Phi) is 3.46. The Bertz CT molecular complexity index is 342. The lowest BCUT2D eigenvalue weighted by atomic mass is 9.80. The summed E-state index contributed by atoms with van der Waals surface area (Å²) in [6.07, 6.45) is 3.62. The van der Waals surface area contributed by atoms with Crippen LogP contribution in [0.15, 0.2) is 24.3 Å². The molecule has 0 amide bonds. The molecular weight excluding hydrogens is 200 g/mol. The van der Waals surface area contributed by atoms with Crippen LogP contribution in [0.4, 0.5) is 5.69 Å². The zero-order valence-electron chi connectivity index (χ0n) is 9.83. The van der Waals surface area contributed by atoms with E-state index in [4.69, 9.17) is 10.5 Å². The van der Waals surface area contributed by atoms with Crippen molar-refractivity contribution in [3.8, 4) is 0 Å². The van der Waals surface area contributed by atoms with Crippen LogP contribution in [0.25, 0.3) is 0 Å². The van der Waals surface area contributed by atoms with E-state index in [1.807, 2.05) is 18.2 Å². The molecule has 2 rings (SSSR count). The number of nitrogens with two attached hydrogens (primary N) is 1. The van der Waals surface area contributed by atoms with Crippen LogP contribution in [0.3, 0.4) is 0 Å². The minimum atomic E-state index is 0.0868. The van der Waals surface area contributed by atoms with Crippen molar-refractivity contribution in [2.75, 3.05) is 19.4 Å². The molecule has 1 aromatic rings. The van der Waals surface area contributed by atoms with Crippen molar-refractivity contribution in [1.82, 2.24) is 5.32 Å². The molecular formula is C13H20N2O. The van der Waals surface area contributed by atoms with E-state index in [-0.39, 0.29) is 5.60 Å². The maximum atomic E-state index is 5.88. The summed E-state index contributed by atoms with van der Waals surface area (Å²) in [5, 5.41) is 3.43. The molecule has 1 aromatic carbocycles. The van der Waals surface area contributed by atoms with Gasteiger partial charge in [0.05, 0.1) is 5.60 Å². The number of anilines is 1. The second-order valence-corrected chi connectivity index (χ2v) is 4.54. The third-order valence-electron chi connectivity index (χ3n) is 3.52. The highest BCUT2D eigenvalue weighted by atomic mass is 16.5. The van der Waals surface area contributed by atoms with Crippen LogP contribution in [0.2, 0.25) is 0 Å². The van der Waals surface area contributed by atoms with Gasteiger partial charge in [-0.1, -0.05) is 18.2 Å². The Hall–Kier alpha value is -1.06. The summed E-state index contributed by atoms with van der Waals surface area (Å²) in [5.41, 5.74) is 7.98. The summed E-state index contributed by atoms with van der Waals surface area (Å²) >= 11 is 0. The van der Waals surface area contributed by atoms with E-state index in [0.29, 0.717) is 0 Å². The van der Waals surface area contributed by atoms with Gasteiger partial charge in [-0.2, -0.15) is 0 Å². The Labute approximate surface area is 97.0 Å². The molecule has 0 radical (unpaired) electrons. The van der Waals surface area contributed by atoms with Gasteiger partial charge in [-0.15, -0.1) is 0 Å². The third-order valence-corrected chi connectivity index (χ3v) is 3.52. The quantitative estimate of drug-likeness (QED) is 0.745. The monoisotopic (exact) mass is 220 g/mol. The molecule has 16 heavy (non-hydrogen) atoms. The number of ether oxygens (including phenoxy) is 1. The molecule has 3 heteroatoms. The van der Waals surface area contributed by atoms with Gasteiger partial charge in [0.15, 0.2) is 0 Å². The molecule has 0 saturated heterocycles. The van der Waals surface area contributed by atoms with Crippen LogP contribution in [-0.2, 0) is 11.3 Å². The Morgan fingerprint density at radius 3 is 2.69 bits per heavy atom. The summed E-state index contributed by atoms with van der Waals surface area (Å²) in [6.45, 7) is 1.73. The molecule has 0 spiro atoms. The summed E-state index contributed by atoms with van der Waals surface area (Å²) in [4.78, 5) is 0. The number of benzene rings is 1. The summed E-state index contributed by atoms with van der Waals surface area (Å²) in [6, 6.07) is 7.97. The summed E-state index contributed by atoms with van der Waals surface area (Å²) in [5.74, 6) is 0. The van der Waals surface area contributed by atoms with Crippen LogP contribution < -0.4 is 11.1 Å². The average Bonchev–Trinajstić information content (AvgIpc) is 2.25. The number of rotatable bonds is 5. The molecule has 1 aliphatic carbocycles. The molecule has 0 atom stereocenters. The highest BCUT2D eigenvalue weighted by molar-refractivity contribution is 5.46. The Morgan fingerprint density at radius 2 is 2.12 bits per heavy atom. The molecule has 0 unspecified atom stereocenters. The summed E-state index contributed by atoms with van der Waals surface area (Å²) < 4.78 is 5.55. The maximum absolute atomic E-state index is 5.88. The number of methoxy groups -OCH3 is 1. The van der Waals surface area contributed by atoms with Gasteiger partial charge in [0.1, 0.15) is 0 Å². The first kappa shape index (κ1) is 11.4. The van der Waals surface area contributed by atoms with Gasteiger partial charge in [-0.05, 0) is 30.9 Å². The molecule has 1 fully saturated rings. The normalized spacial score (nSPS) is 18.1. The molecule has 1 aliphatic rings. The number of nitrogen functional groups attached to an aromatic ring is 1. The molecule has 88 valence electrons. The zero-order chi connectivity index (χ0) is 11.4. The second kappa shape index (κ2) is 4.85. The van der Waals surface area contributed by atoms with E-state index in [1.54, 1.807) is 7.11 Å². The highest BCUT2D eigenvalue weighted by Gasteiger charge is 2.36. The van der Waals surface area contributed by atoms with Crippen molar-refractivity contribution < 1.29 is 4.74 Å². The SMILES string of the molecule is COC1(CNCc2ccccc2N)CCC1. The van der Waals surface area contributed by atoms with E-state index in [2.05, 4.69) is 11.4 Å². The van der Waals surface area contributed by atoms with E-state index in [1.165, 1.54) is 19.3 Å². The van der Waals surface area contributed by atoms with Crippen LogP contribution in [0, 0.1) is 0 Å². The minimum absolute atomic E-state index is 0.0868. The van der Waals surface area contributed by atoms with E-state index in [0.717, 1.165) is 24.3 Å². The highest BCUT2D eigenvalue weighted by Crippen LogP contribution is 2.34. The fourth-order valence-electron chi connectivity index (χ4n) is 2.14. The van der Waals surface area contributed by atoms with Gasteiger partial charge in [0.25, 0.3) is 0 Å². The van der Waals surface area contributed by atoms with Gasteiger partial charge < -0.3 is 15.8 Å². The number of hydrogen-bond donors (Lipinski definition) is 2. The van der Waals surface area contributed by atoms with Gasteiger partial charge in [-0.3, -0.25) is 0 Å². The van der Waals surface area contributed by atoms with E-state index >= 15 is 0 Å².